The Balaban J connectivity index is 2.17. The number of hydrogen-bond donors (Lipinski definition) is 1. The van der Waals surface area contributed by atoms with Gasteiger partial charge in [0.2, 0.25) is 0 Å². The van der Waals surface area contributed by atoms with Gasteiger partial charge in [-0.25, -0.2) is 4.39 Å². The third-order valence-corrected chi connectivity index (χ3v) is 3.14. The van der Waals surface area contributed by atoms with Crippen LogP contribution in [0.25, 0.3) is 10.9 Å². The molecule has 0 fully saturated rings. The Bertz CT molecular complexity index is 738. The first-order valence-electron chi connectivity index (χ1n) is 5.87. The molecule has 19 heavy (non-hydrogen) atoms. The fourth-order valence-corrected chi connectivity index (χ4v) is 2.20. The van der Waals surface area contributed by atoms with Crippen LogP contribution in [0.4, 0.5) is 4.39 Å². The average molecular weight is 257 g/mol. The monoisotopic (exact) mass is 257 g/mol. The van der Waals surface area contributed by atoms with Gasteiger partial charge in [-0.05, 0) is 12.1 Å². The van der Waals surface area contributed by atoms with Crippen LogP contribution < -0.4 is 0 Å². The number of rotatable bonds is 2. The third-order valence-electron chi connectivity index (χ3n) is 3.14. The van der Waals surface area contributed by atoms with E-state index in [1.165, 1.54) is 12.3 Å². The number of halogens is 1. The fourth-order valence-electron chi connectivity index (χ4n) is 2.20. The van der Waals surface area contributed by atoms with E-state index in [4.69, 9.17) is 0 Å². The predicted octanol–water partition coefficient (Wildman–Crippen LogP) is 2.19. The Morgan fingerprint density at radius 3 is 2.84 bits per heavy atom. The van der Waals surface area contributed by atoms with Gasteiger partial charge in [-0.3, -0.25) is 9.67 Å². The molecule has 96 valence electrons. The van der Waals surface area contributed by atoms with E-state index in [9.17, 15) is 9.50 Å². The molecule has 1 atom stereocenters. The van der Waals surface area contributed by atoms with Gasteiger partial charge in [-0.1, -0.05) is 18.2 Å². The van der Waals surface area contributed by atoms with Gasteiger partial charge in [0, 0.05) is 24.2 Å². The number of para-hydroxylation sites is 1. The molecular formula is C14H12FN3O. The fraction of sp³-hybridized carbons (Fsp3) is 0.143. The Kier molecular flexibility index (Phi) is 2.76. The molecule has 1 unspecified atom stereocenters. The number of fused-ring (bicyclic) bond motifs is 1. The SMILES string of the molecule is Cn1nc(C(O)c2ccncc2F)c2ccccc21. The van der Waals surface area contributed by atoms with Gasteiger partial charge < -0.3 is 5.11 Å². The lowest BCUT2D eigenvalue weighted by atomic mass is 10.0. The number of pyridine rings is 1. The van der Waals surface area contributed by atoms with Gasteiger partial charge in [0.25, 0.3) is 0 Å². The Hall–Kier alpha value is -2.27. The second-order valence-electron chi connectivity index (χ2n) is 4.33. The lowest BCUT2D eigenvalue weighted by Gasteiger charge is -2.09. The molecule has 0 aliphatic heterocycles. The normalized spacial score (nSPS) is 12.8. The van der Waals surface area contributed by atoms with E-state index in [1.807, 2.05) is 24.3 Å². The van der Waals surface area contributed by atoms with Gasteiger partial charge in [-0.2, -0.15) is 5.10 Å². The van der Waals surface area contributed by atoms with Crippen LogP contribution in [0.3, 0.4) is 0 Å². The minimum Gasteiger partial charge on any atom is -0.382 e. The van der Waals surface area contributed by atoms with E-state index < -0.39 is 11.9 Å². The summed E-state index contributed by atoms with van der Waals surface area (Å²) < 4.78 is 15.3. The standard InChI is InChI=1S/C14H12FN3O/c1-18-12-5-3-2-4-10(12)13(17-18)14(19)9-6-7-16-8-11(9)15/h2-8,14,19H,1H3. The molecule has 2 heterocycles. The van der Waals surface area contributed by atoms with Crippen LogP contribution in [0.2, 0.25) is 0 Å². The molecule has 3 rings (SSSR count). The van der Waals surface area contributed by atoms with Crippen molar-refractivity contribution < 1.29 is 9.50 Å². The first-order valence-corrected chi connectivity index (χ1v) is 5.87. The molecule has 1 N–H and O–H groups in total. The molecule has 0 bridgehead atoms. The van der Waals surface area contributed by atoms with Gasteiger partial charge in [0.1, 0.15) is 17.6 Å². The van der Waals surface area contributed by atoms with Crippen LogP contribution in [0.5, 0.6) is 0 Å². The van der Waals surface area contributed by atoms with Crippen LogP contribution in [0.15, 0.2) is 42.7 Å². The van der Waals surface area contributed by atoms with Crippen LogP contribution in [-0.4, -0.2) is 19.9 Å². The first kappa shape index (κ1) is 11.8. The highest BCUT2D eigenvalue weighted by Gasteiger charge is 2.20. The number of benzene rings is 1. The molecule has 0 aliphatic carbocycles. The van der Waals surface area contributed by atoms with Crippen LogP contribution in [0.1, 0.15) is 17.4 Å². The van der Waals surface area contributed by atoms with Crippen LogP contribution in [-0.2, 0) is 7.05 Å². The maximum Gasteiger partial charge on any atom is 0.147 e. The average Bonchev–Trinajstić information content (AvgIpc) is 2.77. The molecule has 0 radical (unpaired) electrons. The van der Waals surface area contributed by atoms with Crippen molar-refractivity contribution in [1.29, 1.82) is 0 Å². The predicted molar refractivity (Wildman–Crippen MR) is 69.0 cm³/mol. The second-order valence-corrected chi connectivity index (χ2v) is 4.33. The van der Waals surface area contributed by atoms with Crippen molar-refractivity contribution in [3.05, 3.63) is 59.8 Å². The number of aliphatic hydroxyl groups is 1. The van der Waals surface area contributed by atoms with Crippen LogP contribution in [0, 0.1) is 5.82 Å². The summed E-state index contributed by atoms with van der Waals surface area (Å²) in [6, 6.07) is 8.99. The molecule has 4 nitrogen and oxygen atoms in total. The van der Waals surface area contributed by atoms with Crippen molar-refractivity contribution in [2.24, 2.45) is 7.05 Å². The van der Waals surface area contributed by atoms with Crippen molar-refractivity contribution in [3.8, 4) is 0 Å². The van der Waals surface area contributed by atoms with Crippen molar-refractivity contribution in [2.45, 2.75) is 6.10 Å². The Morgan fingerprint density at radius 1 is 1.26 bits per heavy atom. The molecule has 1 aromatic carbocycles. The number of aliphatic hydroxyl groups excluding tert-OH is 1. The van der Waals surface area contributed by atoms with Crippen molar-refractivity contribution in [1.82, 2.24) is 14.8 Å². The summed E-state index contributed by atoms with van der Waals surface area (Å²) >= 11 is 0. The molecule has 5 heteroatoms. The molecule has 0 saturated carbocycles. The zero-order valence-corrected chi connectivity index (χ0v) is 10.3. The van der Waals surface area contributed by atoms with E-state index in [0.717, 1.165) is 17.1 Å². The highest BCUT2D eigenvalue weighted by molar-refractivity contribution is 5.82. The maximum absolute atomic E-state index is 13.7. The molecule has 3 aromatic rings. The highest BCUT2D eigenvalue weighted by atomic mass is 19.1. The lowest BCUT2D eigenvalue weighted by molar-refractivity contribution is 0.210. The third kappa shape index (κ3) is 1.88. The molecule has 0 spiro atoms. The smallest absolute Gasteiger partial charge is 0.147 e. The summed E-state index contributed by atoms with van der Waals surface area (Å²) in [5.74, 6) is -0.537. The van der Waals surface area contributed by atoms with E-state index in [1.54, 1.807) is 11.7 Å². The molecule has 2 aromatic heterocycles. The van der Waals surface area contributed by atoms with E-state index in [0.29, 0.717) is 5.69 Å². The molecule has 0 aliphatic rings. The molecule has 0 amide bonds. The van der Waals surface area contributed by atoms with Crippen molar-refractivity contribution in [2.75, 3.05) is 0 Å². The second kappa shape index (κ2) is 4.44. The first-order chi connectivity index (χ1) is 9.18. The summed E-state index contributed by atoms with van der Waals surface area (Å²) in [5.41, 5.74) is 1.52. The number of aromatic nitrogens is 3. The summed E-state index contributed by atoms with van der Waals surface area (Å²) in [6.07, 6.45) is 1.44. The van der Waals surface area contributed by atoms with E-state index in [2.05, 4.69) is 10.1 Å². The minimum atomic E-state index is -1.10. The topological polar surface area (TPSA) is 50.9 Å². The summed E-state index contributed by atoms with van der Waals surface area (Å²) in [7, 11) is 1.79. The summed E-state index contributed by atoms with van der Waals surface area (Å²) in [5, 5.41) is 15.4. The highest BCUT2D eigenvalue weighted by Crippen LogP contribution is 2.28. The van der Waals surface area contributed by atoms with Crippen molar-refractivity contribution >= 4 is 10.9 Å². The molecular weight excluding hydrogens is 245 g/mol. The zero-order chi connectivity index (χ0) is 13.4. The maximum atomic E-state index is 13.7. The van der Waals surface area contributed by atoms with Crippen molar-refractivity contribution in [3.63, 3.8) is 0 Å². The van der Waals surface area contributed by atoms with Gasteiger partial charge >= 0.3 is 0 Å². The number of hydrogen-bond acceptors (Lipinski definition) is 3. The Morgan fingerprint density at radius 2 is 2.05 bits per heavy atom. The largest absolute Gasteiger partial charge is 0.382 e. The number of nitrogens with zero attached hydrogens (tertiary/aromatic N) is 3. The minimum absolute atomic E-state index is 0.179. The molecule has 0 saturated heterocycles. The van der Waals surface area contributed by atoms with Gasteiger partial charge in [0.15, 0.2) is 0 Å². The van der Waals surface area contributed by atoms with Gasteiger partial charge in [0.05, 0.1) is 11.7 Å². The van der Waals surface area contributed by atoms with E-state index in [-0.39, 0.29) is 5.56 Å². The Labute approximate surface area is 109 Å². The zero-order valence-electron chi connectivity index (χ0n) is 10.3. The quantitative estimate of drug-likeness (QED) is 0.765. The lowest BCUT2D eigenvalue weighted by Crippen LogP contribution is -2.05. The summed E-state index contributed by atoms with van der Waals surface area (Å²) in [6.45, 7) is 0. The van der Waals surface area contributed by atoms with Crippen LogP contribution >= 0.6 is 0 Å². The van der Waals surface area contributed by atoms with Gasteiger partial charge in [-0.15, -0.1) is 0 Å². The van der Waals surface area contributed by atoms with E-state index >= 15 is 0 Å². The number of aryl methyl sites for hydroxylation is 1. The summed E-state index contributed by atoms with van der Waals surface area (Å²) in [4.78, 5) is 3.68.